The molecule has 150 valence electrons. The molecule has 0 saturated heterocycles. The number of pyridine rings is 2. The van der Waals surface area contributed by atoms with Gasteiger partial charge in [0, 0.05) is 40.6 Å². The predicted octanol–water partition coefficient (Wildman–Crippen LogP) is 5.88. The average Bonchev–Trinajstić information content (AvgIpc) is 2.83. The lowest BCUT2D eigenvalue weighted by molar-refractivity contribution is 1.17. The summed E-state index contributed by atoms with van der Waals surface area (Å²) in [7, 11) is 0. The van der Waals surface area contributed by atoms with Gasteiger partial charge in [-0.3, -0.25) is 0 Å². The summed E-state index contributed by atoms with van der Waals surface area (Å²) in [5.41, 5.74) is 4.83. The molecule has 0 atom stereocenters. The van der Waals surface area contributed by atoms with Gasteiger partial charge in [-0.25, -0.2) is 19.9 Å². The highest BCUT2D eigenvalue weighted by atomic mass is 15.0. The van der Waals surface area contributed by atoms with Gasteiger partial charge in [-0.05, 0) is 48.9 Å². The second-order valence-corrected chi connectivity index (χ2v) is 7.12. The lowest BCUT2D eigenvalue weighted by Gasteiger charge is -2.16. The third-order valence-corrected chi connectivity index (χ3v) is 5.10. The first-order valence-electron chi connectivity index (χ1n) is 9.98. The first-order valence-corrected chi connectivity index (χ1v) is 9.98. The van der Waals surface area contributed by atoms with Crippen LogP contribution in [0.3, 0.4) is 0 Å². The number of nitrogens with one attached hydrogen (secondary N) is 2. The summed E-state index contributed by atoms with van der Waals surface area (Å²) in [6, 6.07) is 22.0. The normalized spacial score (nSPS) is 10.7. The predicted molar refractivity (Wildman–Crippen MR) is 125 cm³/mol. The molecule has 5 rings (SSSR count). The van der Waals surface area contributed by atoms with Gasteiger partial charge in [0.05, 0.1) is 11.4 Å². The van der Waals surface area contributed by atoms with Crippen LogP contribution < -0.4 is 10.6 Å². The van der Waals surface area contributed by atoms with Crippen LogP contribution in [-0.4, -0.2) is 19.9 Å². The van der Waals surface area contributed by atoms with Crippen LogP contribution in [0.25, 0.3) is 22.0 Å². The van der Waals surface area contributed by atoms with Gasteiger partial charge in [0.1, 0.15) is 18.0 Å². The average molecular weight is 404 g/mol. The Bertz CT molecular complexity index is 1340. The number of hydrogen-bond acceptors (Lipinski definition) is 6. The minimum atomic E-state index is 0.742. The van der Waals surface area contributed by atoms with Crippen molar-refractivity contribution in [1.29, 1.82) is 0 Å². The molecular weight excluding hydrogens is 384 g/mol. The van der Waals surface area contributed by atoms with Crippen LogP contribution >= 0.6 is 0 Å². The molecule has 0 aliphatic carbocycles. The number of nitrogens with zero attached hydrogens (tertiary/aromatic N) is 4. The molecule has 2 aromatic carbocycles. The summed E-state index contributed by atoms with van der Waals surface area (Å²) in [5.74, 6) is 1.55. The third-order valence-electron chi connectivity index (χ3n) is 5.10. The maximum atomic E-state index is 4.59. The highest BCUT2D eigenvalue weighted by Crippen LogP contribution is 2.35. The molecule has 0 aliphatic heterocycles. The molecule has 0 bridgehead atoms. The topological polar surface area (TPSA) is 75.6 Å². The maximum Gasteiger partial charge on any atom is 0.139 e. The molecule has 0 saturated carbocycles. The van der Waals surface area contributed by atoms with Crippen molar-refractivity contribution in [2.24, 2.45) is 0 Å². The van der Waals surface area contributed by atoms with E-state index >= 15 is 0 Å². The summed E-state index contributed by atoms with van der Waals surface area (Å²) >= 11 is 0. The van der Waals surface area contributed by atoms with Crippen LogP contribution in [-0.2, 0) is 0 Å². The smallest absolute Gasteiger partial charge is 0.139 e. The fraction of sp³-hybridized carbons (Fsp3) is 0.0400. The molecule has 3 aromatic heterocycles. The fourth-order valence-corrected chi connectivity index (χ4v) is 3.57. The first-order chi connectivity index (χ1) is 15.3. The van der Waals surface area contributed by atoms with Crippen molar-refractivity contribution in [2.75, 3.05) is 10.6 Å². The lowest BCUT2D eigenvalue weighted by atomic mass is 10.0. The van der Waals surface area contributed by atoms with Crippen LogP contribution in [0.4, 0.5) is 23.0 Å². The van der Waals surface area contributed by atoms with E-state index in [1.807, 2.05) is 60.8 Å². The van der Waals surface area contributed by atoms with Gasteiger partial charge in [0.15, 0.2) is 0 Å². The second kappa shape index (κ2) is 8.20. The van der Waals surface area contributed by atoms with Crippen molar-refractivity contribution in [3.63, 3.8) is 0 Å². The molecule has 0 aliphatic rings. The first kappa shape index (κ1) is 18.7. The van der Waals surface area contributed by atoms with E-state index in [0.717, 1.165) is 50.6 Å². The number of aromatic nitrogens is 4. The zero-order valence-electron chi connectivity index (χ0n) is 16.9. The van der Waals surface area contributed by atoms with E-state index in [2.05, 4.69) is 49.6 Å². The summed E-state index contributed by atoms with van der Waals surface area (Å²) in [4.78, 5) is 17.6. The van der Waals surface area contributed by atoms with Crippen molar-refractivity contribution in [3.05, 3.63) is 97.2 Å². The second-order valence-electron chi connectivity index (χ2n) is 7.12. The van der Waals surface area contributed by atoms with Crippen LogP contribution in [0.1, 0.15) is 5.56 Å². The lowest BCUT2D eigenvalue weighted by Crippen LogP contribution is -2.01. The van der Waals surface area contributed by atoms with E-state index in [1.54, 1.807) is 18.7 Å². The summed E-state index contributed by atoms with van der Waals surface area (Å²) in [5, 5.41) is 9.06. The Labute approximate surface area is 180 Å². The van der Waals surface area contributed by atoms with Crippen molar-refractivity contribution in [2.45, 2.75) is 6.92 Å². The van der Waals surface area contributed by atoms with E-state index in [0.29, 0.717) is 0 Å². The van der Waals surface area contributed by atoms with E-state index in [1.165, 1.54) is 0 Å². The Morgan fingerprint density at radius 3 is 2.35 bits per heavy atom. The number of anilines is 4. The van der Waals surface area contributed by atoms with E-state index in [4.69, 9.17) is 0 Å². The van der Waals surface area contributed by atoms with Crippen molar-refractivity contribution in [1.82, 2.24) is 19.9 Å². The molecule has 3 heterocycles. The molecule has 0 fully saturated rings. The van der Waals surface area contributed by atoms with Crippen LogP contribution in [0.2, 0.25) is 0 Å². The Morgan fingerprint density at radius 2 is 1.52 bits per heavy atom. The van der Waals surface area contributed by atoms with Crippen LogP contribution in [0.5, 0.6) is 0 Å². The SMILES string of the molecule is Cc1ccc2c(Nc3ccccc3)nccc2c1Nc1ncccc1-c1ccncn1. The van der Waals surface area contributed by atoms with E-state index in [-0.39, 0.29) is 0 Å². The molecule has 6 nitrogen and oxygen atoms in total. The molecule has 0 spiro atoms. The van der Waals surface area contributed by atoms with Gasteiger partial charge in [-0.2, -0.15) is 0 Å². The van der Waals surface area contributed by atoms with Crippen LogP contribution in [0.15, 0.2) is 91.6 Å². The molecule has 5 aromatic rings. The monoisotopic (exact) mass is 404 g/mol. The van der Waals surface area contributed by atoms with Gasteiger partial charge in [-0.15, -0.1) is 0 Å². The van der Waals surface area contributed by atoms with Crippen LogP contribution in [0, 0.1) is 6.92 Å². The molecule has 0 unspecified atom stereocenters. The third kappa shape index (κ3) is 3.79. The number of para-hydroxylation sites is 1. The zero-order chi connectivity index (χ0) is 21.0. The Morgan fingerprint density at radius 1 is 0.645 bits per heavy atom. The minimum Gasteiger partial charge on any atom is -0.340 e. The Balaban J connectivity index is 1.59. The molecular formula is C25H20N6. The quantitative estimate of drug-likeness (QED) is 0.381. The van der Waals surface area contributed by atoms with Crippen molar-refractivity contribution in [3.8, 4) is 11.3 Å². The Kier molecular flexibility index (Phi) is 4.94. The molecule has 6 heteroatoms. The molecule has 2 N–H and O–H groups in total. The summed E-state index contributed by atoms with van der Waals surface area (Å²) in [6.07, 6.45) is 6.87. The summed E-state index contributed by atoms with van der Waals surface area (Å²) < 4.78 is 0. The van der Waals surface area contributed by atoms with Gasteiger partial charge in [0.25, 0.3) is 0 Å². The zero-order valence-corrected chi connectivity index (χ0v) is 16.9. The molecule has 31 heavy (non-hydrogen) atoms. The maximum absolute atomic E-state index is 4.59. The number of hydrogen-bond donors (Lipinski definition) is 2. The molecule has 0 amide bonds. The van der Waals surface area contributed by atoms with Gasteiger partial charge < -0.3 is 10.6 Å². The number of rotatable bonds is 5. The number of fused-ring (bicyclic) bond motifs is 1. The standard InChI is InChI=1S/C25H20N6/c1-17-9-10-20-19(11-15-28-24(20)30-18-6-3-2-4-7-18)23(17)31-25-21(8-5-13-27-25)22-12-14-26-16-29-22/h2-16H,1H3,(H,27,31)(H,28,30). The van der Waals surface area contributed by atoms with E-state index in [9.17, 15) is 0 Å². The number of aryl methyl sites for hydroxylation is 1. The highest BCUT2D eigenvalue weighted by Gasteiger charge is 2.13. The number of benzene rings is 2. The van der Waals surface area contributed by atoms with Crippen molar-refractivity contribution >= 4 is 33.8 Å². The van der Waals surface area contributed by atoms with Gasteiger partial charge in [0.2, 0.25) is 0 Å². The van der Waals surface area contributed by atoms with Gasteiger partial charge in [-0.1, -0.05) is 30.3 Å². The fourth-order valence-electron chi connectivity index (χ4n) is 3.57. The van der Waals surface area contributed by atoms with Crippen molar-refractivity contribution < 1.29 is 0 Å². The minimum absolute atomic E-state index is 0.742. The van der Waals surface area contributed by atoms with Gasteiger partial charge >= 0.3 is 0 Å². The largest absolute Gasteiger partial charge is 0.340 e. The highest BCUT2D eigenvalue weighted by molar-refractivity contribution is 6.03. The summed E-state index contributed by atoms with van der Waals surface area (Å²) in [6.45, 7) is 2.08. The Hall–Kier alpha value is -4.32. The molecule has 0 radical (unpaired) electrons. The van der Waals surface area contributed by atoms with E-state index < -0.39 is 0 Å².